The molecular formula is C18H18N6O2S. The number of hydrogen-bond donors (Lipinski definition) is 0. The molecule has 1 aromatic carbocycles. The Labute approximate surface area is 160 Å². The van der Waals surface area contributed by atoms with Gasteiger partial charge in [0.25, 0.3) is 0 Å². The fraction of sp³-hybridized carbons (Fsp3) is 0.278. The number of furan rings is 1. The van der Waals surface area contributed by atoms with Gasteiger partial charge in [-0.2, -0.15) is 4.98 Å². The van der Waals surface area contributed by atoms with Gasteiger partial charge in [-0.3, -0.25) is 0 Å². The Balaban J connectivity index is 1.41. The largest absolute Gasteiger partial charge is 0.467 e. The van der Waals surface area contributed by atoms with Gasteiger partial charge in [-0.05, 0) is 34.0 Å². The fourth-order valence-corrected chi connectivity index (χ4v) is 3.24. The van der Waals surface area contributed by atoms with Gasteiger partial charge >= 0.3 is 0 Å². The minimum Gasteiger partial charge on any atom is -0.467 e. The van der Waals surface area contributed by atoms with E-state index in [1.165, 1.54) is 17.3 Å². The maximum absolute atomic E-state index is 5.36. The first-order chi connectivity index (χ1) is 13.2. The first-order valence-electron chi connectivity index (χ1n) is 8.53. The molecular weight excluding hydrogens is 364 g/mol. The van der Waals surface area contributed by atoms with Crippen LogP contribution in [0.15, 0.2) is 56.8 Å². The van der Waals surface area contributed by atoms with E-state index in [-0.39, 0.29) is 0 Å². The molecule has 4 aromatic rings. The quantitative estimate of drug-likeness (QED) is 0.446. The highest BCUT2D eigenvalue weighted by Gasteiger charge is 2.13. The van der Waals surface area contributed by atoms with Crippen molar-refractivity contribution in [3.63, 3.8) is 0 Å². The van der Waals surface area contributed by atoms with Crippen molar-refractivity contribution in [2.75, 3.05) is 0 Å². The molecule has 3 aromatic heterocycles. The first kappa shape index (κ1) is 17.5. The second kappa shape index (κ2) is 7.75. The molecule has 8 nitrogen and oxygen atoms in total. The van der Waals surface area contributed by atoms with E-state index in [9.17, 15) is 0 Å². The maximum Gasteiger partial charge on any atom is 0.237 e. The van der Waals surface area contributed by atoms with Crippen molar-refractivity contribution in [1.29, 1.82) is 0 Å². The Kier molecular flexibility index (Phi) is 5.01. The highest BCUT2D eigenvalue weighted by molar-refractivity contribution is 7.98. The van der Waals surface area contributed by atoms with Crippen LogP contribution in [-0.2, 0) is 12.3 Å². The molecule has 0 aliphatic heterocycles. The Bertz CT molecular complexity index is 991. The van der Waals surface area contributed by atoms with Crippen molar-refractivity contribution in [3.8, 4) is 11.4 Å². The Morgan fingerprint density at radius 2 is 2.00 bits per heavy atom. The fourth-order valence-electron chi connectivity index (χ4n) is 2.52. The zero-order valence-corrected chi connectivity index (χ0v) is 15.8. The molecule has 9 heteroatoms. The molecule has 27 heavy (non-hydrogen) atoms. The average molecular weight is 382 g/mol. The van der Waals surface area contributed by atoms with Crippen molar-refractivity contribution in [2.45, 2.75) is 37.2 Å². The topological polar surface area (TPSA) is 95.7 Å². The van der Waals surface area contributed by atoms with E-state index in [4.69, 9.17) is 8.94 Å². The van der Waals surface area contributed by atoms with Crippen molar-refractivity contribution in [1.82, 2.24) is 30.3 Å². The van der Waals surface area contributed by atoms with E-state index in [1.807, 2.05) is 24.3 Å². The molecule has 4 rings (SSSR count). The minimum absolute atomic E-state index is 0.472. The van der Waals surface area contributed by atoms with Gasteiger partial charge in [-0.15, -0.1) is 5.10 Å². The van der Waals surface area contributed by atoms with Crippen LogP contribution in [0, 0.1) is 0 Å². The van der Waals surface area contributed by atoms with Crippen molar-refractivity contribution in [2.24, 2.45) is 0 Å². The third-order valence-electron chi connectivity index (χ3n) is 4.01. The summed E-state index contributed by atoms with van der Waals surface area (Å²) < 4.78 is 12.4. The number of tetrazole rings is 1. The summed E-state index contributed by atoms with van der Waals surface area (Å²) in [5.74, 6) is 2.86. The normalized spacial score (nSPS) is 11.4. The zero-order valence-electron chi connectivity index (χ0n) is 14.9. The molecule has 0 spiro atoms. The highest BCUT2D eigenvalue weighted by Crippen LogP contribution is 2.23. The van der Waals surface area contributed by atoms with Crippen LogP contribution in [0.3, 0.4) is 0 Å². The first-order valence-corrected chi connectivity index (χ1v) is 9.52. The number of nitrogens with zero attached hydrogens (tertiary/aromatic N) is 6. The van der Waals surface area contributed by atoms with Gasteiger partial charge in [-0.25, -0.2) is 4.68 Å². The lowest BCUT2D eigenvalue weighted by Crippen LogP contribution is -2.03. The summed E-state index contributed by atoms with van der Waals surface area (Å²) in [5, 5.41) is 16.5. The SMILES string of the molecule is CC(C)c1ccc(-c2noc(CSc3nnnn3Cc3ccco3)n2)cc1. The molecule has 0 atom stereocenters. The van der Waals surface area contributed by atoms with Crippen LogP contribution in [0.2, 0.25) is 0 Å². The molecule has 0 amide bonds. The third kappa shape index (κ3) is 4.08. The average Bonchev–Trinajstić information content (AvgIpc) is 3.43. The van der Waals surface area contributed by atoms with Gasteiger partial charge in [-0.1, -0.05) is 55.0 Å². The van der Waals surface area contributed by atoms with E-state index in [0.29, 0.717) is 35.1 Å². The van der Waals surface area contributed by atoms with Crippen LogP contribution in [-0.4, -0.2) is 30.3 Å². The number of hydrogen-bond acceptors (Lipinski definition) is 8. The Hall–Kier alpha value is -2.94. The van der Waals surface area contributed by atoms with E-state index >= 15 is 0 Å². The van der Waals surface area contributed by atoms with Crippen molar-refractivity contribution < 1.29 is 8.94 Å². The molecule has 0 aliphatic carbocycles. The highest BCUT2D eigenvalue weighted by atomic mass is 32.2. The molecule has 0 bridgehead atoms. The van der Waals surface area contributed by atoms with E-state index in [0.717, 1.165) is 11.3 Å². The Morgan fingerprint density at radius 3 is 2.74 bits per heavy atom. The summed E-state index contributed by atoms with van der Waals surface area (Å²) >= 11 is 1.43. The lowest BCUT2D eigenvalue weighted by atomic mass is 10.0. The monoisotopic (exact) mass is 382 g/mol. The summed E-state index contributed by atoms with van der Waals surface area (Å²) in [6.45, 7) is 4.80. The predicted molar refractivity (Wildman–Crippen MR) is 99.0 cm³/mol. The van der Waals surface area contributed by atoms with Gasteiger partial charge in [0.1, 0.15) is 12.3 Å². The number of aromatic nitrogens is 6. The Morgan fingerprint density at radius 1 is 1.15 bits per heavy atom. The molecule has 0 radical (unpaired) electrons. The van der Waals surface area contributed by atoms with Gasteiger partial charge < -0.3 is 8.94 Å². The van der Waals surface area contributed by atoms with Crippen molar-refractivity contribution >= 4 is 11.8 Å². The van der Waals surface area contributed by atoms with Crippen molar-refractivity contribution in [3.05, 3.63) is 59.9 Å². The molecule has 138 valence electrons. The maximum atomic E-state index is 5.36. The summed E-state index contributed by atoms with van der Waals surface area (Å²) in [6.07, 6.45) is 1.63. The molecule has 0 fully saturated rings. The smallest absolute Gasteiger partial charge is 0.237 e. The van der Waals surface area contributed by atoms with Gasteiger partial charge in [0.15, 0.2) is 0 Å². The number of benzene rings is 1. The summed E-state index contributed by atoms with van der Waals surface area (Å²) in [6, 6.07) is 11.9. The lowest BCUT2D eigenvalue weighted by Gasteiger charge is -2.04. The summed E-state index contributed by atoms with van der Waals surface area (Å²) in [4.78, 5) is 4.46. The van der Waals surface area contributed by atoms with Gasteiger partial charge in [0.2, 0.25) is 16.9 Å². The van der Waals surface area contributed by atoms with Crippen LogP contribution < -0.4 is 0 Å². The predicted octanol–water partition coefficient (Wildman–Crippen LogP) is 3.78. The minimum atomic E-state index is 0.472. The van der Waals surface area contributed by atoms with E-state index in [1.54, 1.807) is 10.9 Å². The van der Waals surface area contributed by atoms with E-state index < -0.39 is 0 Å². The second-order valence-corrected chi connectivity index (χ2v) is 7.22. The van der Waals surface area contributed by atoms with Crippen LogP contribution >= 0.6 is 11.8 Å². The van der Waals surface area contributed by atoms with Crippen LogP contribution in [0.5, 0.6) is 0 Å². The molecule has 0 aliphatic rings. The van der Waals surface area contributed by atoms with Gasteiger partial charge in [0.05, 0.1) is 12.0 Å². The number of rotatable bonds is 7. The van der Waals surface area contributed by atoms with E-state index in [2.05, 4.69) is 51.6 Å². The number of thioether (sulfide) groups is 1. The lowest BCUT2D eigenvalue weighted by molar-refractivity contribution is 0.391. The molecule has 0 saturated carbocycles. The third-order valence-corrected chi connectivity index (χ3v) is 4.96. The summed E-state index contributed by atoms with van der Waals surface area (Å²) in [7, 11) is 0. The van der Waals surface area contributed by atoms with Crippen LogP contribution in [0.4, 0.5) is 0 Å². The molecule has 0 saturated heterocycles. The zero-order chi connectivity index (χ0) is 18.6. The molecule has 3 heterocycles. The summed E-state index contributed by atoms with van der Waals surface area (Å²) in [5.41, 5.74) is 2.21. The standard InChI is InChI=1S/C18H18N6O2S/c1-12(2)13-5-7-14(8-6-13)17-19-16(26-21-17)11-27-18-20-22-23-24(18)10-15-4-3-9-25-15/h3-9,12H,10-11H2,1-2H3. The van der Waals surface area contributed by atoms with Crippen LogP contribution in [0.25, 0.3) is 11.4 Å². The molecule has 0 unspecified atom stereocenters. The van der Waals surface area contributed by atoms with Crippen LogP contribution in [0.1, 0.15) is 37.0 Å². The van der Waals surface area contributed by atoms with Gasteiger partial charge in [0, 0.05) is 5.56 Å². The second-order valence-electron chi connectivity index (χ2n) is 6.28. The molecule has 0 N–H and O–H groups in total.